The Hall–Kier alpha value is -1.83. The molecule has 2 aliphatic rings. The summed E-state index contributed by atoms with van der Waals surface area (Å²) < 4.78 is 2.07. The molecule has 6 nitrogen and oxygen atoms in total. The summed E-state index contributed by atoms with van der Waals surface area (Å²) in [5.74, 6) is -0.00501. The number of piperazine rings is 1. The highest BCUT2D eigenvalue weighted by atomic mass is 32.2. The molecule has 0 bridgehead atoms. The first-order chi connectivity index (χ1) is 11.3. The van der Waals surface area contributed by atoms with Gasteiger partial charge in [0, 0.05) is 39.3 Å². The van der Waals surface area contributed by atoms with Gasteiger partial charge in [-0.05, 0) is 18.2 Å². The van der Waals surface area contributed by atoms with Gasteiger partial charge in [0.25, 0.3) is 5.91 Å². The molecular weight excluding hydrogens is 310 g/mol. The monoisotopic (exact) mass is 329 g/mol. The highest BCUT2D eigenvalue weighted by Gasteiger charge is 2.20. The molecule has 4 rings (SSSR count). The number of thioether (sulfide) groups is 1. The second kappa shape index (κ2) is 6.35. The fourth-order valence-corrected chi connectivity index (χ4v) is 3.95. The predicted molar refractivity (Wildman–Crippen MR) is 91.3 cm³/mol. The number of pyridine rings is 1. The molecule has 0 unspecified atom stereocenters. The molecule has 1 amide bonds. The van der Waals surface area contributed by atoms with Crippen molar-refractivity contribution in [3.63, 3.8) is 0 Å². The summed E-state index contributed by atoms with van der Waals surface area (Å²) in [5.41, 5.74) is 1.88. The summed E-state index contributed by atoms with van der Waals surface area (Å²) in [5, 5.41) is 7.40. The van der Waals surface area contributed by atoms with Gasteiger partial charge in [-0.3, -0.25) is 14.1 Å². The van der Waals surface area contributed by atoms with E-state index in [4.69, 9.17) is 0 Å². The third kappa shape index (κ3) is 2.99. The van der Waals surface area contributed by atoms with Crippen molar-refractivity contribution < 1.29 is 4.79 Å². The van der Waals surface area contributed by atoms with Crippen molar-refractivity contribution >= 4 is 29.4 Å². The van der Waals surface area contributed by atoms with E-state index in [0.717, 1.165) is 54.0 Å². The number of carbonyl (C=O) groups excluding carboxylic acids is 1. The third-order valence-electron chi connectivity index (χ3n) is 4.16. The van der Waals surface area contributed by atoms with Crippen molar-refractivity contribution in [3.05, 3.63) is 35.0 Å². The van der Waals surface area contributed by atoms with E-state index in [-0.39, 0.29) is 5.91 Å². The van der Waals surface area contributed by atoms with Gasteiger partial charge < -0.3 is 10.6 Å². The first kappa shape index (κ1) is 14.7. The molecule has 0 saturated carbocycles. The Kier molecular flexibility index (Phi) is 4.07. The Labute approximate surface area is 138 Å². The van der Waals surface area contributed by atoms with Crippen LogP contribution in [0.5, 0.6) is 0 Å². The Bertz CT molecular complexity index is 763. The fraction of sp³-hybridized carbons (Fsp3) is 0.375. The predicted octanol–water partition coefficient (Wildman–Crippen LogP) is 0.802. The minimum atomic E-state index is -0.00501. The summed E-state index contributed by atoms with van der Waals surface area (Å²) in [6.45, 7) is 5.74. The van der Waals surface area contributed by atoms with Crippen molar-refractivity contribution in [2.24, 2.45) is 0 Å². The quantitative estimate of drug-likeness (QED) is 0.869. The van der Waals surface area contributed by atoms with Crippen molar-refractivity contribution in [2.75, 3.05) is 39.3 Å². The lowest BCUT2D eigenvalue weighted by Gasteiger charge is -2.27. The van der Waals surface area contributed by atoms with Crippen LogP contribution in [0.3, 0.4) is 0 Å². The maximum atomic E-state index is 12.4. The number of imidazole rings is 1. The zero-order valence-electron chi connectivity index (χ0n) is 12.8. The lowest BCUT2D eigenvalue weighted by molar-refractivity contribution is -0.116. The Morgan fingerprint density at radius 2 is 2.22 bits per heavy atom. The van der Waals surface area contributed by atoms with E-state index < -0.39 is 0 Å². The molecular formula is C16H19N5OS. The van der Waals surface area contributed by atoms with Crippen LogP contribution in [0.2, 0.25) is 0 Å². The summed E-state index contributed by atoms with van der Waals surface area (Å²) in [4.78, 5) is 19.9. The largest absolute Gasteiger partial charge is 0.350 e. The van der Waals surface area contributed by atoms with Gasteiger partial charge in [-0.15, -0.1) is 0 Å². The lowest BCUT2D eigenvalue weighted by Crippen LogP contribution is -2.46. The zero-order valence-corrected chi connectivity index (χ0v) is 13.6. The number of amides is 1. The van der Waals surface area contributed by atoms with Crippen molar-refractivity contribution in [3.8, 4) is 0 Å². The molecule has 120 valence electrons. The van der Waals surface area contributed by atoms with E-state index in [1.807, 2.05) is 30.5 Å². The van der Waals surface area contributed by atoms with Crippen LogP contribution in [0.15, 0.2) is 34.3 Å². The van der Waals surface area contributed by atoms with E-state index in [0.29, 0.717) is 6.54 Å². The average Bonchev–Trinajstić information content (AvgIpc) is 3.01. The molecule has 1 fully saturated rings. The molecule has 23 heavy (non-hydrogen) atoms. The molecule has 2 aromatic heterocycles. The summed E-state index contributed by atoms with van der Waals surface area (Å²) >= 11 is 1.50. The molecule has 2 N–H and O–H groups in total. The molecule has 0 spiro atoms. The standard InChI is InChI=1S/C16H19N5OS/c22-16(18-6-9-20-7-4-17-5-8-20)13-10-12-11-19-14-2-1-3-15(23-13)21(12)14/h1-3,10-11,17H,4-9H2,(H,18,22). The van der Waals surface area contributed by atoms with E-state index in [9.17, 15) is 4.79 Å². The molecule has 0 aliphatic carbocycles. The topological polar surface area (TPSA) is 61.7 Å². The highest BCUT2D eigenvalue weighted by molar-refractivity contribution is 8.04. The van der Waals surface area contributed by atoms with Gasteiger partial charge in [0.15, 0.2) is 0 Å². The minimum absolute atomic E-state index is 0.00501. The van der Waals surface area contributed by atoms with Gasteiger partial charge in [0.05, 0.1) is 21.8 Å². The number of carbonyl (C=O) groups is 1. The number of aromatic nitrogens is 2. The maximum Gasteiger partial charge on any atom is 0.258 e. The molecule has 7 heteroatoms. The first-order valence-electron chi connectivity index (χ1n) is 7.88. The Balaban J connectivity index is 1.40. The zero-order chi connectivity index (χ0) is 15.6. The van der Waals surface area contributed by atoms with Crippen LogP contribution < -0.4 is 10.6 Å². The van der Waals surface area contributed by atoms with Crippen LogP contribution in [-0.4, -0.2) is 59.5 Å². The average molecular weight is 329 g/mol. The maximum absolute atomic E-state index is 12.4. The van der Waals surface area contributed by atoms with E-state index >= 15 is 0 Å². The van der Waals surface area contributed by atoms with Gasteiger partial charge in [-0.1, -0.05) is 17.8 Å². The summed E-state index contributed by atoms with van der Waals surface area (Å²) in [7, 11) is 0. The van der Waals surface area contributed by atoms with Crippen LogP contribution in [0.25, 0.3) is 11.7 Å². The van der Waals surface area contributed by atoms with Crippen LogP contribution >= 0.6 is 11.8 Å². The van der Waals surface area contributed by atoms with Gasteiger partial charge in [-0.25, -0.2) is 4.98 Å². The molecule has 2 aliphatic heterocycles. The van der Waals surface area contributed by atoms with Gasteiger partial charge >= 0.3 is 0 Å². The SMILES string of the molecule is O=C(NCCN1CCNCC1)C1=Cc2cnc3cccc(n23)S1. The Morgan fingerprint density at radius 3 is 3.09 bits per heavy atom. The molecule has 2 aromatic rings. The second-order valence-corrected chi connectivity index (χ2v) is 6.76. The minimum Gasteiger partial charge on any atom is -0.350 e. The first-order valence-corrected chi connectivity index (χ1v) is 8.70. The highest BCUT2D eigenvalue weighted by Crippen LogP contribution is 2.34. The molecule has 0 radical (unpaired) electrons. The number of hydrogen-bond acceptors (Lipinski definition) is 5. The lowest BCUT2D eigenvalue weighted by atomic mass is 10.3. The number of rotatable bonds is 4. The van der Waals surface area contributed by atoms with Crippen molar-refractivity contribution in [1.82, 2.24) is 24.9 Å². The molecule has 4 heterocycles. The Morgan fingerprint density at radius 1 is 1.35 bits per heavy atom. The normalized spacial score (nSPS) is 18.0. The van der Waals surface area contributed by atoms with Crippen LogP contribution in [0.1, 0.15) is 5.69 Å². The van der Waals surface area contributed by atoms with Gasteiger partial charge in [-0.2, -0.15) is 0 Å². The molecule has 1 saturated heterocycles. The van der Waals surface area contributed by atoms with Crippen LogP contribution in [-0.2, 0) is 4.79 Å². The van der Waals surface area contributed by atoms with Crippen molar-refractivity contribution in [1.29, 1.82) is 0 Å². The van der Waals surface area contributed by atoms with E-state index in [2.05, 4.69) is 24.9 Å². The van der Waals surface area contributed by atoms with E-state index in [1.54, 1.807) is 0 Å². The van der Waals surface area contributed by atoms with Gasteiger partial charge in [0.1, 0.15) is 5.65 Å². The summed E-state index contributed by atoms with van der Waals surface area (Å²) in [6.07, 6.45) is 3.73. The van der Waals surface area contributed by atoms with E-state index in [1.165, 1.54) is 11.8 Å². The number of nitrogens with zero attached hydrogens (tertiary/aromatic N) is 3. The molecule has 0 aromatic carbocycles. The fourth-order valence-electron chi connectivity index (χ4n) is 2.95. The smallest absolute Gasteiger partial charge is 0.258 e. The van der Waals surface area contributed by atoms with Crippen LogP contribution in [0, 0.1) is 0 Å². The van der Waals surface area contributed by atoms with Crippen molar-refractivity contribution in [2.45, 2.75) is 5.03 Å². The summed E-state index contributed by atoms with van der Waals surface area (Å²) in [6, 6.07) is 5.96. The second-order valence-electron chi connectivity index (χ2n) is 5.70. The number of nitrogens with one attached hydrogen (secondary N) is 2. The number of hydrogen-bond donors (Lipinski definition) is 2. The van der Waals surface area contributed by atoms with Gasteiger partial charge in [0.2, 0.25) is 0 Å². The van der Waals surface area contributed by atoms with Crippen LogP contribution in [0.4, 0.5) is 0 Å². The molecule has 0 atom stereocenters. The third-order valence-corrected chi connectivity index (χ3v) is 5.21.